The highest BCUT2D eigenvalue weighted by Gasteiger charge is 2.03. The Kier molecular flexibility index (Phi) is 5.10. The molecule has 88 valence electrons. The van der Waals surface area contributed by atoms with Crippen LogP contribution in [0.4, 0.5) is 5.69 Å². The molecular formula is C15H23N. The predicted octanol–water partition coefficient (Wildman–Crippen LogP) is 4.68. The van der Waals surface area contributed by atoms with E-state index in [-0.39, 0.29) is 0 Å². The minimum Gasteiger partial charge on any atom is -0.359 e. The highest BCUT2D eigenvalue weighted by atomic mass is 14.9. The Morgan fingerprint density at radius 3 is 2.25 bits per heavy atom. The lowest BCUT2D eigenvalue weighted by Crippen LogP contribution is -2.06. The highest BCUT2D eigenvalue weighted by Crippen LogP contribution is 2.17. The molecule has 0 unspecified atom stereocenters. The van der Waals surface area contributed by atoms with E-state index in [1.165, 1.54) is 11.4 Å². The van der Waals surface area contributed by atoms with Crippen LogP contribution >= 0.6 is 0 Å². The Bertz CT molecular complexity index is 323. The molecule has 1 nitrogen and oxygen atoms in total. The maximum Gasteiger partial charge on any atom is 0.0381 e. The molecule has 0 spiro atoms. The number of rotatable bonds is 5. The Morgan fingerprint density at radius 1 is 1.12 bits per heavy atom. The van der Waals surface area contributed by atoms with E-state index in [1.54, 1.807) is 0 Å². The zero-order valence-corrected chi connectivity index (χ0v) is 10.8. The Hall–Kier alpha value is -1.24. The average Bonchev–Trinajstić information content (AvgIpc) is 2.25. The van der Waals surface area contributed by atoms with Gasteiger partial charge in [-0.1, -0.05) is 52.0 Å². The van der Waals surface area contributed by atoms with E-state index in [4.69, 9.17) is 0 Å². The molecule has 0 aromatic heterocycles. The van der Waals surface area contributed by atoms with Gasteiger partial charge in [-0.05, 0) is 30.4 Å². The quantitative estimate of drug-likeness (QED) is 0.754. The first-order valence-corrected chi connectivity index (χ1v) is 6.11. The van der Waals surface area contributed by atoms with Gasteiger partial charge in [0.2, 0.25) is 0 Å². The summed E-state index contributed by atoms with van der Waals surface area (Å²) in [6.45, 7) is 8.94. The molecule has 0 fully saturated rings. The summed E-state index contributed by atoms with van der Waals surface area (Å²) in [4.78, 5) is 0. The minimum absolute atomic E-state index is 0.541. The summed E-state index contributed by atoms with van der Waals surface area (Å²) in [7, 11) is 0. The lowest BCUT2D eigenvalue weighted by molar-refractivity contribution is 0.652. The lowest BCUT2D eigenvalue weighted by Gasteiger charge is -2.15. The first-order valence-electron chi connectivity index (χ1n) is 6.11. The van der Waals surface area contributed by atoms with Crippen LogP contribution in [0.5, 0.6) is 0 Å². The van der Waals surface area contributed by atoms with Gasteiger partial charge in [0.15, 0.2) is 0 Å². The molecule has 0 aliphatic heterocycles. The number of benzene rings is 1. The lowest BCUT2D eigenvalue weighted by atomic mass is 10.0. The van der Waals surface area contributed by atoms with Crippen LogP contribution in [-0.2, 0) is 0 Å². The fourth-order valence-corrected chi connectivity index (χ4v) is 1.48. The number of anilines is 1. The molecule has 1 rings (SSSR count). The van der Waals surface area contributed by atoms with Crippen molar-refractivity contribution in [1.29, 1.82) is 0 Å². The Balaban J connectivity index is 2.69. The van der Waals surface area contributed by atoms with Gasteiger partial charge in [0.1, 0.15) is 0 Å². The Morgan fingerprint density at radius 2 is 1.75 bits per heavy atom. The van der Waals surface area contributed by atoms with Crippen molar-refractivity contribution in [2.45, 2.75) is 34.1 Å². The summed E-state index contributed by atoms with van der Waals surface area (Å²) in [6, 6.07) is 10.4. The third-order valence-corrected chi connectivity index (χ3v) is 2.49. The molecule has 0 bridgehead atoms. The summed E-state index contributed by atoms with van der Waals surface area (Å²) in [5, 5.41) is 3.49. The molecule has 0 aliphatic carbocycles. The summed E-state index contributed by atoms with van der Waals surface area (Å²) < 4.78 is 0. The summed E-state index contributed by atoms with van der Waals surface area (Å²) >= 11 is 0. The first kappa shape index (κ1) is 12.8. The first-order chi connectivity index (χ1) is 7.59. The standard InChI is InChI=1S/C15H23N/c1-12(2)10-11-15(13(3)4)16-14-8-6-5-7-9-14/h5-9,11-13,16H,10H2,1-4H3. The largest absolute Gasteiger partial charge is 0.359 e. The molecule has 1 N–H and O–H groups in total. The van der Waals surface area contributed by atoms with Gasteiger partial charge in [0.25, 0.3) is 0 Å². The zero-order valence-electron chi connectivity index (χ0n) is 10.8. The summed E-state index contributed by atoms with van der Waals surface area (Å²) in [5.41, 5.74) is 2.49. The van der Waals surface area contributed by atoms with E-state index in [9.17, 15) is 0 Å². The molecule has 0 saturated heterocycles. The number of nitrogens with one attached hydrogen (secondary N) is 1. The van der Waals surface area contributed by atoms with Gasteiger partial charge < -0.3 is 5.32 Å². The van der Waals surface area contributed by atoms with Crippen LogP contribution < -0.4 is 5.32 Å². The smallest absolute Gasteiger partial charge is 0.0381 e. The van der Waals surface area contributed by atoms with E-state index >= 15 is 0 Å². The summed E-state index contributed by atoms with van der Waals surface area (Å²) in [6.07, 6.45) is 3.45. The van der Waals surface area contributed by atoms with Gasteiger partial charge >= 0.3 is 0 Å². The molecule has 1 heteroatoms. The van der Waals surface area contributed by atoms with Crippen LogP contribution in [0, 0.1) is 11.8 Å². The molecule has 1 aromatic rings. The molecule has 0 amide bonds. The van der Waals surface area contributed by atoms with Crippen LogP contribution in [0.2, 0.25) is 0 Å². The maximum absolute atomic E-state index is 3.49. The zero-order chi connectivity index (χ0) is 12.0. The van der Waals surface area contributed by atoms with Crippen LogP contribution in [0.3, 0.4) is 0 Å². The molecule has 0 atom stereocenters. The molecule has 0 heterocycles. The summed E-state index contributed by atoms with van der Waals surface area (Å²) in [5.74, 6) is 1.25. The number of para-hydroxylation sites is 1. The van der Waals surface area contributed by atoms with Crippen molar-refractivity contribution in [1.82, 2.24) is 0 Å². The second-order valence-electron chi connectivity index (χ2n) is 4.93. The molecule has 1 aromatic carbocycles. The van der Waals surface area contributed by atoms with Gasteiger partial charge in [-0.15, -0.1) is 0 Å². The van der Waals surface area contributed by atoms with Crippen molar-refractivity contribution in [2.24, 2.45) is 11.8 Å². The third-order valence-electron chi connectivity index (χ3n) is 2.49. The van der Waals surface area contributed by atoms with Gasteiger partial charge in [-0.2, -0.15) is 0 Å². The predicted molar refractivity (Wildman–Crippen MR) is 72.4 cm³/mol. The fraction of sp³-hybridized carbons (Fsp3) is 0.467. The van der Waals surface area contributed by atoms with E-state index in [2.05, 4.69) is 63.4 Å². The average molecular weight is 217 g/mol. The van der Waals surface area contributed by atoms with Crippen molar-refractivity contribution < 1.29 is 0 Å². The fourth-order valence-electron chi connectivity index (χ4n) is 1.48. The topological polar surface area (TPSA) is 12.0 Å². The van der Waals surface area contributed by atoms with Crippen molar-refractivity contribution in [2.75, 3.05) is 5.32 Å². The third kappa shape index (κ3) is 4.52. The van der Waals surface area contributed by atoms with E-state index in [0.29, 0.717) is 11.8 Å². The Labute approximate surface area is 99.6 Å². The van der Waals surface area contributed by atoms with E-state index < -0.39 is 0 Å². The van der Waals surface area contributed by atoms with Crippen molar-refractivity contribution in [3.8, 4) is 0 Å². The van der Waals surface area contributed by atoms with Gasteiger partial charge in [0.05, 0.1) is 0 Å². The molecule has 0 saturated carbocycles. The van der Waals surface area contributed by atoms with Gasteiger partial charge in [0, 0.05) is 11.4 Å². The molecule has 0 radical (unpaired) electrons. The normalized spacial score (nSPS) is 12.2. The van der Waals surface area contributed by atoms with Crippen molar-refractivity contribution in [3.05, 3.63) is 42.1 Å². The number of hydrogen-bond donors (Lipinski definition) is 1. The maximum atomic E-state index is 3.49. The minimum atomic E-state index is 0.541. The van der Waals surface area contributed by atoms with Crippen LogP contribution in [0.25, 0.3) is 0 Å². The van der Waals surface area contributed by atoms with E-state index in [1.807, 2.05) is 6.07 Å². The number of allylic oxidation sites excluding steroid dienone is 2. The van der Waals surface area contributed by atoms with E-state index in [0.717, 1.165) is 6.42 Å². The second-order valence-corrected chi connectivity index (χ2v) is 4.93. The van der Waals surface area contributed by atoms with Crippen LogP contribution in [-0.4, -0.2) is 0 Å². The molecular weight excluding hydrogens is 194 g/mol. The van der Waals surface area contributed by atoms with Crippen molar-refractivity contribution >= 4 is 5.69 Å². The van der Waals surface area contributed by atoms with Crippen LogP contribution in [0.1, 0.15) is 34.1 Å². The molecule has 0 aliphatic rings. The highest BCUT2D eigenvalue weighted by molar-refractivity contribution is 5.48. The van der Waals surface area contributed by atoms with Gasteiger partial charge in [-0.3, -0.25) is 0 Å². The second kappa shape index (κ2) is 6.37. The monoisotopic (exact) mass is 217 g/mol. The van der Waals surface area contributed by atoms with Crippen molar-refractivity contribution in [3.63, 3.8) is 0 Å². The SMILES string of the molecule is CC(C)CC=C(Nc1ccccc1)C(C)C. The number of hydrogen-bond acceptors (Lipinski definition) is 1. The van der Waals surface area contributed by atoms with Gasteiger partial charge in [-0.25, -0.2) is 0 Å². The van der Waals surface area contributed by atoms with Crippen LogP contribution in [0.15, 0.2) is 42.1 Å². The molecule has 16 heavy (non-hydrogen) atoms.